The van der Waals surface area contributed by atoms with Gasteiger partial charge in [-0.25, -0.2) is 0 Å². The summed E-state index contributed by atoms with van der Waals surface area (Å²) in [5, 5.41) is 9.32. The van der Waals surface area contributed by atoms with Crippen LogP contribution in [0.25, 0.3) is 0 Å². The number of hydrogen-bond acceptors (Lipinski definition) is 3. The third-order valence-corrected chi connectivity index (χ3v) is 2.14. The molecular weight excluding hydrogens is 156 g/mol. The molecule has 1 N–H and O–H groups in total. The van der Waals surface area contributed by atoms with E-state index in [1.807, 2.05) is 11.8 Å². The van der Waals surface area contributed by atoms with E-state index >= 15 is 0 Å². The van der Waals surface area contributed by atoms with Crippen molar-refractivity contribution in [1.29, 1.82) is 0 Å². The molecule has 0 unspecified atom stereocenters. The number of likely N-dealkylation sites (N-methyl/N-ethyl adjacent to an activating group) is 1. The molecule has 1 amide bonds. The smallest absolute Gasteiger partial charge is 0.237 e. The molecule has 0 spiro atoms. The molecule has 0 aromatic heterocycles. The van der Waals surface area contributed by atoms with E-state index in [0.29, 0.717) is 19.8 Å². The summed E-state index contributed by atoms with van der Waals surface area (Å²) in [4.78, 5) is 14.7. The molecule has 70 valence electrons. The Morgan fingerprint density at radius 3 is 2.75 bits per heavy atom. The fraction of sp³-hybridized carbons (Fsp3) is 0.875. The van der Waals surface area contributed by atoms with Gasteiger partial charge in [0.25, 0.3) is 0 Å². The lowest BCUT2D eigenvalue weighted by atomic mass is 10.3. The summed E-state index contributed by atoms with van der Waals surface area (Å²) in [5.74, 6) is 0.137. The minimum Gasteiger partial charge on any atom is -0.392 e. The van der Waals surface area contributed by atoms with Crippen LogP contribution < -0.4 is 0 Å². The first-order valence-corrected chi connectivity index (χ1v) is 4.28. The van der Waals surface area contributed by atoms with E-state index in [0.717, 1.165) is 6.42 Å². The van der Waals surface area contributed by atoms with Crippen LogP contribution in [0.4, 0.5) is 0 Å². The van der Waals surface area contributed by atoms with E-state index < -0.39 is 0 Å². The molecule has 0 saturated carbocycles. The third-order valence-electron chi connectivity index (χ3n) is 2.14. The van der Waals surface area contributed by atoms with Crippen LogP contribution in [0.15, 0.2) is 0 Å². The second-order valence-electron chi connectivity index (χ2n) is 3.31. The topological polar surface area (TPSA) is 43.8 Å². The Kier molecular flexibility index (Phi) is 3.05. The van der Waals surface area contributed by atoms with Crippen LogP contribution in [-0.2, 0) is 4.79 Å². The van der Waals surface area contributed by atoms with E-state index in [1.54, 1.807) is 11.9 Å². The number of hydrogen-bond donors (Lipinski definition) is 1. The average Bonchev–Trinajstić information content (AvgIpc) is 2.31. The van der Waals surface area contributed by atoms with Crippen LogP contribution in [0.3, 0.4) is 0 Å². The average molecular weight is 172 g/mol. The number of rotatable bonds is 3. The quantitative estimate of drug-likeness (QED) is 0.623. The molecule has 1 heterocycles. The summed E-state index contributed by atoms with van der Waals surface area (Å²) >= 11 is 0. The highest BCUT2D eigenvalue weighted by Gasteiger charge is 2.24. The number of carbonyl (C=O) groups excluding carboxylic acids is 1. The summed E-state index contributed by atoms with van der Waals surface area (Å²) in [6, 6.07) is 0. The lowest BCUT2D eigenvalue weighted by Crippen LogP contribution is -2.31. The van der Waals surface area contributed by atoms with Gasteiger partial charge in [0.2, 0.25) is 5.91 Å². The Balaban J connectivity index is 2.32. The maximum atomic E-state index is 11.1. The molecule has 1 fully saturated rings. The number of aliphatic hydroxyl groups is 1. The van der Waals surface area contributed by atoms with Crippen molar-refractivity contribution in [3.05, 3.63) is 0 Å². The molecule has 12 heavy (non-hydrogen) atoms. The van der Waals surface area contributed by atoms with Crippen molar-refractivity contribution < 1.29 is 9.90 Å². The van der Waals surface area contributed by atoms with Gasteiger partial charge in [0, 0.05) is 13.6 Å². The molecule has 1 rings (SSSR count). The first kappa shape index (κ1) is 9.48. The van der Waals surface area contributed by atoms with E-state index in [2.05, 4.69) is 0 Å². The number of nitrogens with zero attached hydrogens (tertiary/aromatic N) is 2. The minimum atomic E-state index is -0.302. The first-order chi connectivity index (χ1) is 5.63. The molecule has 0 bridgehead atoms. The number of carbonyl (C=O) groups is 1. The van der Waals surface area contributed by atoms with Crippen LogP contribution in [0.1, 0.15) is 13.3 Å². The standard InChI is InChI=1S/C8H16N2O2/c1-3-7(11)4-10-5-8(12)9(2)6-10/h7,11H,3-6H2,1-2H3/t7-/m0/s1. The zero-order valence-electron chi connectivity index (χ0n) is 7.66. The van der Waals surface area contributed by atoms with Gasteiger partial charge in [-0.15, -0.1) is 0 Å². The van der Waals surface area contributed by atoms with Crippen LogP contribution >= 0.6 is 0 Å². The summed E-state index contributed by atoms with van der Waals surface area (Å²) in [6.45, 7) is 3.64. The highest BCUT2D eigenvalue weighted by Crippen LogP contribution is 2.05. The van der Waals surface area contributed by atoms with E-state index in [9.17, 15) is 9.90 Å². The first-order valence-electron chi connectivity index (χ1n) is 4.28. The Bertz CT molecular complexity index is 172. The monoisotopic (exact) mass is 172 g/mol. The van der Waals surface area contributed by atoms with Crippen molar-refractivity contribution in [2.75, 3.05) is 26.8 Å². The molecule has 1 aliphatic rings. The third kappa shape index (κ3) is 2.19. The van der Waals surface area contributed by atoms with E-state index in [-0.39, 0.29) is 12.0 Å². The van der Waals surface area contributed by atoms with Crippen molar-refractivity contribution in [3.8, 4) is 0 Å². The van der Waals surface area contributed by atoms with Crippen LogP contribution in [0, 0.1) is 0 Å². The minimum absolute atomic E-state index is 0.137. The van der Waals surface area contributed by atoms with E-state index in [1.165, 1.54) is 0 Å². The molecule has 0 aromatic rings. The fourth-order valence-electron chi connectivity index (χ4n) is 1.29. The van der Waals surface area contributed by atoms with E-state index in [4.69, 9.17) is 0 Å². The molecule has 0 radical (unpaired) electrons. The van der Waals surface area contributed by atoms with Crippen molar-refractivity contribution in [1.82, 2.24) is 9.80 Å². The van der Waals surface area contributed by atoms with Crippen molar-refractivity contribution >= 4 is 5.91 Å². The fourth-order valence-corrected chi connectivity index (χ4v) is 1.29. The Morgan fingerprint density at radius 1 is 1.67 bits per heavy atom. The highest BCUT2D eigenvalue weighted by molar-refractivity contribution is 5.79. The van der Waals surface area contributed by atoms with Gasteiger partial charge in [-0.05, 0) is 6.42 Å². The molecule has 1 aliphatic heterocycles. The zero-order valence-corrected chi connectivity index (χ0v) is 7.66. The van der Waals surface area contributed by atoms with Gasteiger partial charge in [0.05, 0.1) is 19.3 Å². The largest absolute Gasteiger partial charge is 0.392 e. The second-order valence-corrected chi connectivity index (χ2v) is 3.31. The summed E-state index contributed by atoms with van der Waals surface area (Å²) < 4.78 is 0. The van der Waals surface area contributed by atoms with Gasteiger partial charge in [-0.2, -0.15) is 0 Å². The number of β-amino-alcohol motifs (C(OH)–C–C–N with tert-alkyl or cyclic N) is 1. The van der Waals surface area contributed by atoms with Gasteiger partial charge in [-0.3, -0.25) is 9.69 Å². The predicted molar refractivity (Wildman–Crippen MR) is 45.5 cm³/mol. The molecule has 0 aromatic carbocycles. The van der Waals surface area contributed by atoms with Gasteiger partial charge in [0.15, 0.2) is 0 Å². The molecule has 4 heteroatoms. The SMILES string of the molecule is CC[C@H](O)CN1CC(=O)N(C)C1. The lowest BCUT2D eigenvalue weighted by Gasteiger charge is -2.17. The van der Waals surface area contributed by atoms with Crippen LogP contribution in [-0.4, -0.2) is 53.7 Å². The van der Waals surface area contributed by atoms with Crippen LogP contribution in [0.5, 0.6) is 0 Å². The number of amides is 1. The summed E-state index contributed by atoms with van der Waals surface area (Å²) in [7, 11) is 1.78. The van der Waals surface area contributed by atoms with Gasteiger partial charge >= 0.3 is 0 Å². The van der Waals surface area contributed by atoms with Crippen molar-refractivity contribution in [3.63, 3.8) is 0 Å². The summed E-state index contributed by atoms with van der Waals surface area (Å²) in [6.07, 6.45) is 0.443. The summed E-state index contributed by atoms with van der Waals surface area (Å²) in [5.41, 5.74) is 0. The maximum absolute atomic E-state index is 11.1. The highest BCUT2D eigenvalue weighted by atomic mass is 16.3. The van der Waals surface area contributed by atoms with Gasteiger partial charge in [0.1, 0.15) is 0 Å². The zero-order chi connectivity index (χ0) is 9.14. The molecule has 4 nitrogen and oxygen atoms in total. The van der Waals surface area contributed by atoms with Crippen LogP contribution in [0.2, 0.25) is 0 Å². The van der Waals surface area contributed by atoms with Crippen molar-refractivity contribution in [2.45, 2.75) is 19.4 Å². The van der Waals surface area contributed by atoms with Gasteiger partial charge in [-0.1, -0.05) is 6.92 Å². The number of aliphatic hydroxyl groups excluding tert-OH is 1. The molecule has 1 saturated heterocycles. The normalized spacial score (nSPS) is 21.9. The molecular formula is C8H16N2O2. The maximum Gasteiger partial charge on any atom is 0.237 e. The molecule has 1 atom stereocenters. The molecule has 0 aliphatic carbocycles. The van der Waals surface area contributed by atoms with Gasteiger partial charge < -0.3 is 10.0 Å². The second kappa shape index (κ2) is 3.87. The Hall–Kier alpha value is -0.610. The Labute approximate surface area is 72.8 Å². The Morgan fingerprint density at radius 2 is 2.33 bits per heavy atom. The predicted octanol–water partition coefficient (Wildman–Crippen LogP) is -0.511. The lowest BCUT2D eigenvalue weighted by molar-refractivity contribution is -0.125. The van der Waals surface area contributed by atoms with Crippen molar-refractivity contribution in [2.24, 2.45) is 0 Å².